The van der Waals surface area contributed by atoms with Crippen LogP contribution in [0.15, 0.2) is 64.9 Å². The summed E-state index contributed by atoms with van der Waals surface area (Å²) in [5, 5.41) is 2.53. The maximum atomic E-state index is 13.6. The number of benzene rings is 2. The third-order valence-electron chi connectivity index (χ3n) is 5.92. The van der Waals surface area contributed by atoms with Crippen molar-refractivity contribution in [3.63, 3.8) is 0 Å². The van der Waals surface area contributed by atoms with Crippen LogP contribution in [-0.4, -0.2) is 43.2 Å². The van der Waals surface area contributed by atoms with Gasteiger partial charge < -0.3 is 4.90 Å². The standard InChI is InChI=1S/C25H27ClN2O3S2/c1-3-14-27(33(30,31)21-10-8-20(26)9-11-21)17-24(29)28-15-12-23-22(13-16-32-23)25(28)19-6-4-18(2)5-7-19/h4-11,13,16,25H,3,12,14-15,17H2,1-2H3. The number of halogens is 1. The molecule has 1 atom stereocenters. The lowest BCUT2D eigenvalue weighted by Crippen LogP contribution is -2.46. The van der Waals surface area contributed by atoms with E-state index in [0.717, 1.165) is 23.1 Å². The molecule has 1 aliphatic heterocycles. The normalized spacial score (nSPS) is 16.1. The van der Waals surface area contributed by atoms with Gasteiger partial charge in [0, 0.05) is 23.0 Å². The van der Waals surface area contributed by atoms with Gasteiger partial charge in [-0.1, -0.05) is 48.4 Å². The molecule has 3 aromatic rings. The predicted molar refractivity (Wildman–Crippen MR) is 133 cm³/mol. The van der Waals surface area contributed by atoms with Gasteiger partial charge in [0.05, 0.1) is 17.5 Å². The Labute approximate surface area is 204 Å². The summed E-state index contributed by atoms with van der Waals surface area (Å²) in [6.45, 7) is 4.58. The Bertz CT molecular complexity index is 1220. The molecule has 0 radical (unpaired) electrons. The summed E-state index contributed by atoms with van der Waals surface area (Å²) < 4.78 is 27.9. The fraction of sp³-hybridized carbons (Fsp3) is 0.320. The van der Waals surface area contributed by atoms with E-state index in [4.69, 9.17) is 11.6 Å². The highest BCUT2D eigenvalue weighted by Crippen LogP contribution is 2.38. The van der Waals surface area contributed by atoms with Crippen LogP contribution in [0.3, 0.4) is 0 Å². The second-order valence-electron chi connectivity index (χ2n) is 8.24. The van der Waals surface area contributed by atoms with E-state index in [1.165, 1.54) is 21.3 Å². The monoisotopic (exact) mass is 502 g/mol. The van der Waals surface area contributed by atoms with E-state index < -0.39 is 10.0 Å². The Balaban J connectivity index is 1.64. The molecule has 8 heteroatoms. The Morgan fingerprint density at radius 2 is 1.82 bits per heavy atom. The Morgan fingerprint density at radius 1 is 1.12 bits per heavy atom. The summed E-state index contributed by atoms with van der Waals surface area (Å²) in [7, 11) is -3.82. The number of aryl methyl sites for hydroxylation is 1. The molecule has 0 fully saturated rings. The molecule has 5 nitrogen and oxygen atoms in total. The van der Waals surface area contributed by atoms with Crippen LogP contribution in [0.25, 0.3) is 0 Å². The molecule has 0 saturated carbocycles. The van der Waals surface area contributed by atoms with Gasteiger partial charge in [0.2, 0.25) is 15.9 Å². The number of sulfonamides is 1. The molecule has 0 aliphatic carbocycles. The van der Waals surface area contributed by atoms with Gasteiger partial charge in [-0.25, -0.2) is 8.42 Å². The maximum Gasteiger partial charge on any atom is 0.243 e. The van der Waals surface area contributed by atoms with Crippen LogP contribution in [0.1, 0.15) is 41.0 Å². The summed E-state index contributed by atoms with van der Waals surface area (Å²) in [4.78, 5) is 16.9. The van der Waals surface area contributed by atoms with Crippen molar-refractivity contribution in [3.05, 3.63) is 86.6 Å². The molecule has 1 unspecified atom stereocenters. The lowest BCUT2D eigenvalue weighted by Gasteiger charge is -2.37. The Morgan fingerprint density at radius 3 is 2.48 bits per heavy atom. The van der Waals surface area contributed by atoms with Gasteiger partial charge in [-0.3, -0.25) is 4.79 Å². The molecule has 1 amide bonds. The van der Waals surface area contributed by atoms with Crippen molar-refractivity contribution >= 4 is 38.9 Å². The first kappa shape index (κ1) is 24.0. The number of amides is 1. The van der Waals surface area contributed by atoms with Gasteiger partial charge in [-0.2, -0.15) is 4.31 Å². The summed E-state index contributed by atoms with van der Waals surface area (Å²) >= 11 is 7.65. The first-order valence-corrected chi connectivity index (χ1v) is 13.7. The number of thiophene rings is 1. The summed E-state index contributed by atoms with van der Waals surface area (Å²) in [5.41, 5.74) is 3.32. The Hall–Kier alpha value is -2.19. The average molecular weight is 503 g/mol. The van der Waals surface area contributed by atoms with Gasteiger partial charge >= 0.3 is 0 Å². The third kappa shape index (κ3) is 5.01. The summed E-state index contributed by atoms with van der Waals surface area (Å²) in [5.74, 6) is -0.191. The molecule has 1 aromatic heterocycles. The molecular weight excluding hydrogens is 476 g/mol. The van der Waals surface area contributed by atoms with Crippen LogP contribution in [0.4, 0.5) is 0 Å². The molecule has 1 aliphatic rings. The van der Waals surface area contributed by atoms with Crippen molar-refractivity contribution < 1.29 is 13.2 Å². The molecule has 2 aromatic carbocycles. The minimum atomic E-state index is -3.82. The van der Waals surface area contributed by atoms with Crippen molar-refractivity contribution in [1.29, 1.82) is 0 Å². The lowest BCUT2D eigenvalue weighted by atomic mass is 9.92. The van der Waals surface area contributed by atoms with Crippen molar-refractivity contribution in [2.24, 2.45) is 0 Å². The first-order valence-electron chi connectivity index (χ1n) is 11.0. The third-order valence-corrected chi connectivity index (χ3v) is 9.02. The number of rotatable bonds is 7. The minimum absolute atomic E-state index is 0.141. The van der Waals surface area contributed by atoms with Crippen molar-refractivity contribution in [2.75, 3.05) is 19.6 Å². The zero-order valence-electron chi connectivity index (χ0n) is 18.7. The van der Waals surface area contributed by atoms with Gasteiger partial charge in [-0.05, 0) is 66.6 Å². The first-order chi connectivity index (χ1) is 15.8. The molecule has 0 bridgehead atoms. The largest absolute Gasteiger partial charge is 0.330 e. The van der Waals surface area contributed by atoms with Gasteiger partial charge in [0.25, 0.3) is 0 Å². The average Bonchev–Trinajstić information content (AvgIpc) is 3.28. The van der Waals surface area contributed by atoms with Crippen LogP contribution in [0.5, 0.6) is 0 Å². The van der Waals surface area contributed by atoms with Gasteiger partial charge in [0.15, 0.2) is 0 Å². The number of hydrogen-bond acceptors (Lipinski definition) is 4. The smallest absolute Gasteiger partial charge is 0.243 e. The summed E-state index contributed by atoms with van der Waals surface area (Å²) in [6, 6.07) is 16.2. The van der Waals surface area contributed by atoms with E-state index in [-0.39, 0.29) is 29.9 Å². The van der Waals surface area contributed by atoms with E-state index in [1.54, 1.807) is 23.5 Å². The molecule has 4 rings (SSSR count). The second-order valence-corrected chi connectivity index (χ2v) is 11.6. The van der Waals surface area contributed by atoms with Gasteiger partial charge in [0.1, 0.15) is 0 Å². The number of nitrogens with zero attached hydrogens (tertiary/aromatic N) is 2. The van der Waals surface area contributed by atoms with E-state index in [1.807, 2.05) is 30.9 Å². The van der Waals surface area contributed by atoms with E-state index in [0.29, 0.717) is 18.0 Å². The molecule has 33 heavy (non-hydrogen) atoms. The topological polar surface area (TPSA) is 57.7 Å². The minimum Gasteiger partial charge on any atom is -0.330 e. The van der Waals surface area contributed by atoms with Crippen molar-refractivity contribution in [1.82, 2.24) is 9.21 Å². The van der Waals surface area contributed by atoms with Crippen LogP contribution in [0, 0.1) is 6.92 Å². The quantitative estimate of drug-likeness (QED) is 0.441. The van der Waals surface area contributed by atoms with E-state index in [9.17, 15) is 13.2 Å². The molecule has 0 spiro atoms. The molecule has 0 N–H and O–H groups in total. The fourth-order valence-corrected chi connectivity index (χ4v) is 6.74. The molecule has 0 saturated heterocycles. The molecular formula is C25H27ClN2O3S2. The fourth-order valence-electron chi connectivity index (χ4n) is 4.22. The zero-order valence-corrected chi connectivity index (χ0v) is 21.1. The van der Waals surface area contributed by atoms with Crippen LogP contribution in [-0.2, 0) is 21.2 Å². The van der Waals surface area contributed by atoms with E-state index >= 15 is 0 Å². The van der Waals surface area contributed by atoms with E-state index in [2.05, 4.69) is 23.6 Å². The van der Waals surface area contributed by atoms with Crippen LogP contribution >= 0.6 is 22.9 Å². The van der Waals surface area contributed by atoms with Crippen LogP contribution in [0.2, 0.25) is 5.02 Å². The second kappa shape index (κ2) is 9.97. The number of carbonyl (C=O) groups is 1. The highest BCUT2D eigenvalue weighted by molar-refractivity contribution is 7.89. The number of fused-ring (bicyclic) bond motifs is 1. The van der Waals surface area contributed by atoms with Crippen LogP contribution < -0.4 is 0 Å². The van der Waals surface area contributed by atoms with Crippen molar-refractivity contribution in [2.45, 2.75) is 37.6 Å². The maximum absolute atomic E-state index is 13.6. The van der Waals surface area contributed by atoms with Crippen molar-refractivity contribution in [3.8, 4) is 0 Å². The highest BCUT2D eigenvalue weighted by atomic mass is 35.5. The molecule has 2 heterocycles. The Kier molecular flexibility index (Phi) is 7.24. The molecule has 174 valence electrons. The SMILES string of the molecule is CCCN(CC(=O)N1CCc2sccc2C1c1ccc(C)cc1)S(=O)(=O)c1ccc(Cl)cc1. The number of carbonyl (C=O) groups excluding carboxylic acids is 1. The predicted octanol–water partition coefficient (Wildman–Crippen LogP) is 5.28. The number of hydrogen-bond donors (Lipinski definition) is 0. The van der Waals surface area contributed by atoms with Gasteiger partial charge in [-0.15, -0.1) is 11.3 Å². The zero-order chi connectivity index (χ0) is 23.6. The lowest BCUT2D eigenvalue weighted by molar-refractivity contribution is -0.133. The highest BCUT2D eigenvalue weighted by Gasteiger charge is 2.35. The summed E-state index contributed by atoms with van der Waals surface area (Å²) in [6.07, 6.45) is 1.38.